The van der Waals surface area contributed by atoms with Gasteiger partial charge in [-0.25, -0.2) is 0 Å². The Morgan fingerprint density at radius 1 is 0.920 bits per heavy atom. The van der Waals surface area contributed by atoms with Crippen molar-refractivity contribution in [2.45, 2.75) is 6.92 Å². The molecule has 0 saturated heterocycles. The van der Waals surface area contributed by atoms with Gasteiger partial charge in [-0.15, -0.1) is 5.11 Å². The van der Waals surface area contributed by atoms with Gasteiger partial charge in [-0.3, -0.25) is 4.55 Å². The molecule has 0 aliphatic rings. The van der Waals surface area contributed by atoms with Crippen LogP contribution in [0.4, 0.5) is 17.1 Å². The molecule has 3 rings (SSSR count). The highest BCUT2D eigenvalue weighted by atomic mass is 32.2. The molecule has 0 atom stereocenters. The van der Waals surface area contributed by atoms with Gasteiger partial charge >= 0.3 is 0 Å². The molecule has 0 heterocycles. The average molecular weight is 357 g/mol. The minimum Gasteiger partial charge on any atom is -0.397 e. The number of nitrogens with zero attached hydrogens (tertiary/aromatic N) is 2. The summed E-state index contributed by atoms with van der Waals surface area (Å²) in [5.74, 6) is 0. The summed E-state index contributed by atoms with van der Waals surface area (Å²) in [5.41, 5.74) is 9.42. The lowest BCUT2D eigenvalue weighted by Gasteiger charge is -2.07. The van der Waals surface area contributed by atoms with Crippen molar-refractivity contribution in [3.8, 4) is 0 Å². The van der Waals surface area contributed by atoms with E-state index in [2.05, 4.69) is 29.3 Å². The molecule has 25 heavy (non-hydrogen) atoms. The van der Waals surface area contributed by atoms with E-state index in [0.29, 0.717) is 11.9 Å². The summed E-state index contributed by atoms with van der Waals surface area (Å²) in [6.07, 6.45) is 0.715. The summed E-state index contributed by atoms with van der Waals surface area (Å²) in [7, 11) is -3.67. The summed E-state index contributed by atoms with van der Waals surface area (Å²) in [4.78, 5) is 0. The molecular weight excluding hydrogens is 338 g/mol. The van der Waals surface area contributed by atoms with Gasteiger partial charge in [0.1, 0.15) is 5.69 Å². The van der Waals surface area contributed by atoms with E-state index in [1.54, 1.807) is 0 Å². The second-order valence-electron chi connectivity index (χ2n) is 5.44. The van der Waals surface area contributed by atoms with Gasteiger partial charge in [0.15, 0.2) is 0 Å². The highest BCUT2D eigenvalue weighted by Crippen LogP contribution is 2.35. The van der Waals surface area contributed by atoms with Crippen LogP contribution in [0.3, 0.4) is 0 Å². The quantitative estimate of drug-likeness (QED) is 0.395. The Bertz CT molecular complexity index is 993. The Morgan fingerprint density at radius 2 is 1.56 bits per heavy atom. The molecule has 0 unspecified atom stereocenters. The molecule has 0 radical (unpaired) electrons. The van der Waals surface area contributed by atoms with E-state index in [1.807, 2.05) is 48.5 Å². The van der Waals surface area contributed by atoms with Crippen molar-refractivity contribution in [2.75, 3.05) is 12.0 Å². The van der Waals surface area contributed by atoms with Crippen molar-refractivity contribution in [1.82, 2.24) is 0 Å². The van der Waals surface area contributed by atoms with E-state index >= 15 is 0 Å². The SMILES string of the molecule is CS(=O)(=O)O.Cc1cccc2ccc(N)c(N=Nc3ccccc3)c12. The minimum absolute atomic E-state index is 0.645. The van der Waals surface area contributed by atoms with E-state index in [1.165, 1.54) is 0 Å². The third-order valence-corrected chi connectivity index (χ3v) is 3.28. The maximum absolute atomic E-state index is 9.19. The van der Waals surface area contributed by atoms with Crippen LogP contribution >= 0.6 is 0 Å². The Labute approximate surface area is 146 Å². The molecule has 0 spiro atoms. The molecule has 0 bridgehead atoms. The molecule has 0 fully saturated rings. The van der Waals surface area contributed by atoms with E-state index in [-0.39, 0.29) is 0 Å². The fourth-order valence-corrected chi connectivity index (χ4v) is 2.27. The Hall–Kier alpha value is -2.77. The molecule has 3 N–H and O–H groups in total. The first-order chi connectivity index (χ1) is 11.8. The van der Waals surface area contributed by atoms with Crippen LogP contribution in [0, 0.1) is 6.92 Å². The Balaban J connectivity index is 0.000000399. The van der Waals surface area contributed by atoms with Crippen LogP contribution < -0.4 is 5.73 Å². The maximum atomic E-state index is 9.19. The lowest BCUT2D eigenvalue weighted by Crippen LogP contribution is -1.88. The van der Waals surface area contributed by atoms with E-state index in [9.17, 15) is 8.42 Å². The van der Waals surface area contributed by atoms with Crippen molar-refractivity contribution in [1.29, 1.82) is 0 Å². The number of azo groups is 1. The maximum Gasteiger partial charge on any atom is 0.261 e. The van der Waals surface area contributed by atoms with Gasteiger partial charge in [-0.05, 0) is 36.1 Å². The van der Waals surface area contributed by atoms with Gasteiger partial charge in [0.2, 0.25) is 0 Å². The monoisotopic (exact) mass is 357 g/mol. The first-order valence-corrected chi connectivity index (χ1v) is 9.27. The average Bonchev–Trinajstić information content (AvgIpc) is 2.54. The third-order valence-electron chi connectivity index (χ3n) is 3.28. The van der Waals surface area contributed by atoms with Crippen LogP contribution in [0.15, 0.2) is 70.9 Å². The number of nitrogen functional groups attached to an aromatic ring is 1. The number of nitrogens with two attached hydrogens (primary N) is 1. The smallest absolute Gasteiger partial charge is 0.261 e. The zero-order valence-electron chi connectivity index (χ0n) is 13.9. The molecule has 0 saturated carbocycles. The standard InChI is InChI=1S/C17H15N3.CH4O3S/c1-12-6-5-7-13-10-11-15(18)17(16(12)13)20-19-14-8-3-2-4-9-14;1-5(2,3)4/h2-11H,18H2,1H3;1H3,(H,2,3,4). The molecule has 130 valence electrons. The molecule has 3 aromatic carbocycles. The predicted molar refractivity (Wildman–Crippen MR) is 101 cm³/mol. The van der Waals surface area contributed by atoms with Crippen LogP contribution in [0.2, 0.25) is 0 Å². The lowest BCUT2D eigenvalue weighted by molar-refractivity contribution is 0.490. The van der Waals surface area contributed by atoms with Crippen LogP contribution in [-0.2, 0) is 10.1 Å². The summed E-state index contributed by atoms with van der Waals surface area (Å²) in [6.45, 7) is 2.06. The van der Waals surface area contributed by atoms with E-state index in [4.69, 9.17) is 10.3 Å². The van der Waals surface area contributed by atoms with Crippen molar-refractivity contribution in [2.24, 2.45) is 10.2 Å². The number of fused-ring (bicyclic) bond motifs is 1. The zero-order chi connectivity index (χ0) is 18.4. The normalized spacial score (nSPS) is 11.3. The van der Waals surface area contributed by atoms with Gasteiger partial charge < -0.3 is 5.73 Å². The largest absolute Gasteiger partial charge is 0.397 e. The first-order valence-electron chi connectivity index (χ1n) is 7.43. The molecule has 6 nitrogen and oxygen atoms in total. The molecule has 0 aromatic heterocycles. The molecule has 7 heteroatoms. The zero-order valence-corrected chi connectivity index (χ0v) is 14.7. The highest BCUT2D eigenvalue weighted by molar-refractivity contribution is 7.85. The second-order valence-corrected chi connectivity index (χ2v) is 6.91. The van der Waals surface area contributed by atoms with Gasteiger partial charge in [0.25, 0.3) is 10.1 Å². The Kier molecular flexibility index (Phi) is 5.84. The summed E-state index contributed by atoms with van der Waals surface area (Å²) in [5, 5.41) is 10.8. The van der Waals surface area contributed by atoms with E-state index < -0.39 is 10.1 Å². The highest BCUT2D eigenvalue weighted by Gasteiger charge is 2.07. The first kappa shape index (κ1) is 18.6. The van der Waals surface area contributed by atoms with E-state index in [0.717, 1.165) is 27.7 Å². The number of hydrogen-bond acceptors (Lipinski definition) is 5. The van der Waals surface area contributed by atoms with Crippen LogP contribution in [0.1, 0.15) is 5.56 Å². The van der Waals surface area contributed by atoms with Crippen molar-refractivity contribution < 1.29 is 13.0 Å². The van der Waals surface area contributed by atoms with Crippen molar-refractivity contribution >= 4 is 38.0 Å². The third kappa shape index (κ3) is 5.66. The fraction of sp³-hybridized carbons (Fsp3) is 0.111. The fourth-order valence-electron chi connectivity index (χ4n) is 2.27. The van der Waals surface area contributed by atoms with Gasteiger partial charge in [-0.2, -0.15) is 13.5 Å². The Morgan fingerprint density at radius 3 is 2.20 bits per heavy atom. The summed E-state index contributed by atoms with van der Waals surface area (Å²) < 4.78 is 25.9. The molecule has 3 aromatic rings. The second kappa shape index (κ2) is 7.87. The molecular formula is C18H19N3O3S. The number of hydrogen-bond donors (Lipinski definition) is 2. The molecule has 0 aliphatic carbocycles. The molecule has 0 aliphatic heterocycles. The topological polar surface area (TPSA) is 105 Å². The molecule has 0 amide bonds. The van der Waals surface area contributed by atoms with Crippen LogP contribution in [0.25, 0.3) is 10.8 Å². The van der Waals surface area contributed by atoms with Crippen LogP contribution in [-0.4, -0.2) is 19.2 Å². The van der Waals surface area contributed by atoms with Gasteiger partial charge in [0.05, 0.1) is 17.6 Å². The van der Waals surface area contributed by atoms with Crippen molar-refractivity contribution in [3.63, 3.8) is 0 Å². The van der Waals surface area contributed by atoms with Crippen LogP contribution in [0.5, 0.6) is 0 Å². The number of benzene rings is 3. The van der Waals surface area contributed by atoms with Gasteiger partial charge in [0, 0.05) is 5.39 Å². The number of rotatable bonds is 2. The number of anilines is 1. The predicted octanol–water partition coefficient (Wildman–Crippen LogP) is 4.65. The number of aryl methyl sites for hydroxylation is 1. The van der Waals surface area contributed by atoms with Gasteiger partial charge in [-0.1, -0.05) is 42.5 Å². The van der Waals surface area contributed by atoms with Crippen molar-refractivity contribution in [3.05, 3.63) is 66.2 Å². The lowest BCUT2D eigenvalue weighted by atomic mass is 10.0. The summed E-state index contributed by atoms with van der Waals surface area (Å²) >= 11 is 0. The minimum atomic E-state index is -3.67. The summed E-state index contributed by atoms with van der Waals surface area (Å²) in [6, 6.07) is 19.7.